The topological polar surface area (TPSA) is 249 Å². The molecule has 3 aromatic rings. The predicted octanol–water partition coefficient (Wildman–Crippen LogP) is 2.79. The van der Waals surface area contributed by atoms with Crippen molar-refractivity contribution in [2.45, 2.75) is 55.8 Å². The number of allylic oxidation sites excluding steroid dienone is 4. The maximum absolute atomic E-state index is 12.8. The van der Waals surface area contributed by atoms with Crippen molar-refractivity contribution >= 4 is 93.1 Å². The summed E-state index contributed by atoms with van der Waals surface area (Å²) in [7, 11) is 4.72. The fourth-order valence-corrected chi connectivity index (χ4v) is 9.55. The van der Waals surface area contributed by atoms with E-state index in [9.17, 15) is 49.2 Å². The molecule has 0 bridgehead atoms. The molecular weight excluding hydrogens is 917 g/mol. The molecule has 1 aromatic heterocycles. The highest BCUT2D eigenvalue weighted by Crippen LogP contribution is 2.29. The van der Waals surface area contributed by atoms with Crippen molar-refractivity contribution < 1.29 is 63.2 Å². The van der Waals surface area contributed by atoms with E-state index in [2.05, 4.69) is 22.2 Å². The number of carbonyl (C=O) groups excluding carboxylic acids is 4. The van der Waals surface area contributed by atoms with E-state index in [0.29, 0.717) is 31.5 Å². The van der Waals surface area contributed by atoms with Crippen LogP contribution in [-0.2, 0) is 44.8 Å². The Hall–Kier alpha value is -6.74. The molecule has 360 valence electrons. The van der Waals surface area contributed by atoms with Gasteiger partial charge in [-0.1, -0.05) is 82.8 Å². The van der Waals surface area contributed by atoms with Crippen molar-refractivity contribution in [2.75, 3.05) is 55.2 Å². The molecule has 2 aliphatic rings. The summed E-state index contributed by atoms with van der Waals surface area (Å²) in [6, 6.07) is 14.9. The Morgan fingerprint density at radius 3 is 1.65 bits per heavy atom. The number of aliphatic imine (C=N–C) groups is 1. The van der Waals surface area contributed by atoms with E-state index in [0.717, 1.165) is 49.7 Å². The van der Waals surface area contributed by atoms with Crippen LogP contribution in [0.15, 0.2) is 108 Å². The van der Waals surface area contributed by atoms with E-state index in [1.54, 1.807) is 47.3 Å². The lowest BCUT2D eigenvalue weighted by Crippen LogP contribution is -2.49. The highest BCUT2D eigenvalue weighted by Gasteiger charge is 2.38. The average Bonchev–Trinajstić information content (AvgIpc) is 3.93. The number of aliphatic hydroxyl groups excluding tert-OH is 2. The summed E-state index contributed by atoms with van der Waals surface area (Å²) in [4.78, 5) is 81.2. The zero-order valence-electron chi connectivity index (χ0n) is 37.5. The first-order valence-corrected chi connectivity index (χ1v) is 23.9. The molecule has 3 heterocycles. The normalized spacial score (nSPS) is 19.3. The second-order valence-electron chi connectivity index (χ2n) is 15.7. The minimum Gasteiger partial charge on any atom is -0.480 e. The molecule has 6 N–H and O–H groups in total. The number of hydrogen-bond donors (Lipinski definition) is 6. The first-order chi connectivity index (χ1) is 32.7. The van der Waals surface area contributed by atoms with Crippen molar-refractivity contribution in [2.24, 2.45) is 4.99 Å². The maximum atomic E-state index is 12.8. The molecule has 0 aliphatic carbocycles. The number of benzene rings is 2. The number of esters is 2. The highest BCUT2D eigenvalue weighted by molar-refractivity contribution is 8.76. The van der Waals surface area contributed by atoms with Crippen LogP contribution in [0.25, 0.3) is 18.2 Å². The molecule has 5 rings (SSSR count). The second kappa shape index (κ2) is 26.0. The number of hydrogen-bond acceptors (Lipinski definition) is 15. The van der Waals surface area contributed by atoms with E-state index in [1.807, 2.05) is 76.6 Å². The van der Waals surface area contributed by atoms with Gasteiger partial charge < -0.3 is 50.3 Å². The molecule has 6 unspecified atom stereocenters. The Kier molecular flexibility index (Phi) is 20.0. The summed E-state index contributed by atoms with van der Waals surface area (Å²) in [5.74, 6) is -4.68. The fraction of sp³-hybridized carbons (Fsp3) is 0.333. The number of carboxylic acids is 2. The Morgan fingerprint density at radius 2 is 1.19 bits per heavy atom. The quantitative estimate of drug-likeness (QED) is 0.0200. The predicted molar refractivity (Wildman–Crippen MR) is 261 cm³/mol. The minimum absolute atomic E-state index is 0.0731. The number of nitrogens with one attached hydrogen (secondary N) is 2. The number of aromatic nitrogens is 1. The van der Waals surface area contributed by atoms with Crippen LogP contribution in [0, 0.1) is 0 Å². The zero-order valence-corrected chi connectivity index (χ0v) is 39.1. The molecule has 2 aromatic carbocycles. The van der Waals surface area contributed by atoms with Crippen LogP contribution in [0.3, 0.4) is 0 Å². The summed E-state index contributed by atoms with van der Waals surface area (Å²) in [6.07, 6.45) is 14.8. The number of amides is 2. The maximum Gasteiger partial charge on any atom is 0.328 e. The number of aliphatic hydroxyl groups is 2. The van der Waals surface area contributed by atoms with Gasteiger partial charge >= 0.3 is 23.9 Å². The number of rotatable bonds is 23. The van der Waals surface area contributed by atoms with Crippen LogP contribution < -0.4 is 25.0 Å². The fourth-order valence-electron chi connectivity index (χ4n) is 7.23. The smallest absolute Gasteiger partial charge is 0.328 e. The largest absolute Gasteiger partial charge is 0.480 e. The monoisotopic (exact) mass is 971 g/mol. The SMILES string of the molecule is C=CC(/C=C/c1ccc(N2CC(O)CC2C(=O)OC)cc1)=C\C=NCC(=O)NC(CSSCC(NC(=O)C[n+]1ccc(/C=C/c2ccc(N3CC(O)CC3C(=O)OC)cc2)cc1)C(=O)O)C(=O)O. The molecule has 0 radical (unpaired) electrons. The Bertz CT molecular complexity index is 2380. The average molecular weight is 972 g/mol. The van der Waals surface area contributed by atoms with Gasteiger partial charge in [-0.05, 0) is 52.6 Å². The molecule has 20 heteroatoms. The number of pyridine rings is 1. The van der Waals surface area contributed by atoms with Crippen LogP contribution >= 0.6 is 21.6 Å². The molecule has 2 fully saturated rings. The number of β-amino-alcohol motifs (C(OH)–C–C–N with tert-alkyl or cyclic N) is 2. The number of nitrogens with zero attached hydrogens (tertiary/aromatic N) is 4. The number of ether oxygens (including phenoxy) is 2. The first-order valence-electron chi connectivity index (χ1n) is 21.4. The Balaban J connectivity index is 1.01. The summed E-state index contributed by atoms with van der Waals surface area (Å²) >= 11 is 0. The summed E-state index contributed by atoms with van der Waals surface area (Å²) in [5, 5.41) is 44.6. The van der Waals surface area contributed by atoms with Crippen molar-refractivity contribution in [1.82, 2.24) is 10.6 Å². The van der Waals surface area contributed by atoms with E-state index in [-0.39, 0.29) is 24.6 Å². The first kappa shape index (κ1) is 52.2. The van der Waals surface area contributed by atoms with Gasteiger partial charge in [0.15, 0.2) is 12.4 Å². The molecule has 2 saturated heterocycles. The molecule has 0 spiro atoms. The van der Waals surface area contributed by atoms with Crippen molar-refractivity contribution in [1.29, 1.82) is 0 Å². The van der Waals surface area contributed by atoms with Gasteiger partial charge in [-0.25, -0.2) is 19.2 Å². The number of carboxylic acid groups (broad SMARTS) is 2. The summed E-state index contributed by atoms with van der Waals surface area (Å²) < 4.78 is 11.4. The third kappa shape index (κ3) is 15.7. The minimum atomic E-state index is -1.28. The van der Waals surface area contributed by atoms with Crippen LogP contribution in [0.1, 0.15) is 29.5 Å². The summed E-state index contributed by atoms with van der Waals surface area (Å²) in [6.45, 7) is 3.95. The molecule has 2 amide bonds. The van der Waals surface area contributed by atoms with E-state index in [4.69, 9.17) is 9.47 Å². The van der Waals surface area contributed by atoms with Crippen molar-refractivity contribution in [3.63, 3.8) is 0 Å². The molecule has 68 heavy (non-hydrogen) atoms. The number of methoxy groups -OCH3 is 2. The van der Waals surface area contributed by atoms with E-state index in [1.165, 1.54) is 20.4 Å². The third-order valence-electron chi connectivity index (χ3n) is 10.8. The molecule has 6 atom stereocenters. The van der Waals surface area contributed by atoms with Crippen LogP contribution in [0.2, 0.25) is 0 Å². The highest BCUT2D eigenvalue weighted by atomic mass is 33.1. The molecule has 18 nitrogen and oxygen atoms in total. The second-order valence-corrected chi connectivity index (χ2v) is 18.2. The summed E-state index contributed by atoms with van der Waals surface area (Å²) in [5.41, 5.74) is 4.85. The third-order valence-corrected chi connectivity index (χ3v) is 13.2. The van der Waals surface area contributed by atoms with Gasteiger partial charge in [0.25, 0.3) is 5.91 Å². The van der Waals surface area contributed by atoms with Crippen LogP contribution in [0.5, 0.6) is 0 Å². The lowest BCUT2D eigenvalue weighted by atomic mass is 10.1. The number of anilines is 2. The Labute approximate surface area is 401 Å². The zero-order chi connectivity index (χ0) is 49.2. The standard InChI is InChI=1S/C48H54N6O12S2/c1-4-31(5-6-32-9-13-35(14-10-32)53-26-37(55)23-41(53)47(63)65-2)17-20-49-25-43(57)50-39(45(59)60)29-67-68-30-40(46(61)62)51-44(58)28-52-21-18-34(19-22-52)8-7-33-11-15-36(16-12-33)54-27-38(56)24-42(54)48(64)66-3/h4-22,37-42,55-56H,1,23-30H2,2-3H3,(H3-,50,51,57,58,59,60,61,62)/p+1/b6-5+,31-17+,49-20?. The van der Waals surface area contributed by atoms with Crippen molar-refractivity contribution in [3.05, 3.63) is 120 Å². The van der Waals surface area contributed by atoms with Crippen LogP contribution in [0.4, 0.5) is 11.4 Å². The van der Waals surface area contributed by atoms with Gasteiger partial charge in [0.05, 0.1) is 26.4 Å². The van der Waals surface area contributed by atoms with Crippen LogP contribution in [-0.4, -0.2) is 144 Å². The van der Waals surface area contributed by atoms with Crippen molar-refractivity contribution in [3.8, 4) is 0 Å². The number of aliphatic carboxylic acids is 2. The van der Waals surface area contributed by atoms with Gasteiger partial charge in [0, 0.05) is 67.2 Å². The lowest BCUT2D eigenvalue weighted by Gasteiger charge is -2.24. The van der Waals surface area contributed by atoms with Gasteiger partial charge in [-0.15, -0.1) is 0 Å². The van der Waals surface area contributed by atoms with Gasteiger partial charge in [-0.2, -0.15) is 4.57 Å². The number of carbonyl (C=O) groups is 6. The van der Waals surface area contributed by atoms with Gasteiger partial charge in [-0.3, -0.25) is 14.6 Å². The molecule has 0 saturated carbocycles. The van der Waals surface area contributed by atoms with E-state index >= 15 is 0 Å². The van der Waals surface area contributed by atoms with Gasteiger partial charge in [0.2, 0.25) is 12.5 Å². The molecule has 2 aliphatic heterocycles. The molecular formula is C48H55N6O12S2+. The lowest BCUT2D eigenvalue weighted by molar-refractivity contribution is -0.684. The van der Waals surface area contributed by atoms with E-state index < -0.39 is 72.1 Å². The van der Waals surface area contributed by atoms with Gasteiger partial charge in [0.1, 0.15) is 30.7 Å². The Morgan fingerprint density at radius 1 is 0.735 bits per heavy atom.